The highest BCUT2D eigenvalue weighted by molar-refractivity contribution is 6.04. The highest BCUT2D eigenvalue weighted by Gasteiger charge is 2.21. The van der Waals surface area contributed by atoms with Gasteiger partial charge in [0.25, 0.3) is 11.5 Å². The van der Waals surface area contributed by atoms with E-state index in [0.717, 1.165) is 25.9 Å². The Morgan fingerprint density at radius 2 is 1.78 bits per heavy atom. The molecule has 0 unspecified atom stereocenters. The molecule has 0 saturated carbocycles. The Bertz CT molecular complexity index is 1350. The summed E-state index contributed by atoms with van der Waals surface area (Å²) >= 11 is 0. The monoisotopic (exact) mass is 436 g/mol. The smallest absolute Gasteiger partial charge is 0.276 e. The van der Waals surface area contributed by atoms with E-state index in [-0.39, 0.29) is 11.6 Å². The number of fused-ring (bicyclic) bond motifs is 2. The number of hydrogen-bond donors (Lipinski definition) is 4. The van der Waals surface area contributed by atoms with Crippen LogP contribution in [0.25, 0.3) is 33.3 Å². The van der Waals surface area contributed by atoms with Crippen molar-refractivity contribution in [1.29, 1.82) is 0 Å². The third-order valence-electron chi connectivity index (χ3n) is 5.37. The molecule has 2 aromatic carbocycles. The van der Waals surface area contributed by atoms with Crippen LogP contribution in [0, 0.1) is 5.82 Å². The van der Waals surface area contributed by atoms with Crippen molar-refractivity contribution in [2.45, 2.75) is 12.8 Å². The first-order valence-electron chi connectivity index (χ1n) is 10.4. The number of hydrogen-bond acceptors (Lipinski definition) is 5. The summed E-state index contributed by atoms with van der Waals surface area (Å²) in [6.45, 7) is 1.52. The fourth-order valence-corrected chi connectivity index (χ4v) is 3.86. The van der Waals surface area contributed by atoms with E-state index in [1.165, 1.54) is 18.2 Å². The molecule has 32 heavy (non-hydrogen) atoms. The zero-order chi connectivity index (χ0) is 22.8. The fraction of sp³-hybridized carbons (Fsp3) is 0.261. The molecule has 0 spiro atoms. The van der Waals surface area contributed by atoms with Crippen LogP contribution in [-0.2, 0) is 0 Å². The number of anilines is 1. The number of nitrogen functional groups attached to an aromatic ring is 1. The van der Waals surface area contributed by atoms with Crippen LogP contribution in [-0.4, -0.2) is 52.9 Å². The van der Waals surface area contributed by atoms with Crippen LogP contribution in [0.4, 0.5) is 10.1 Å². The minimum Gasteiger partial charge on any atom is -0.396 e. The van der Waals surface area contributed by atoms with Crippen LogP contribution in [0.2, 0.25) is 0 Å². The first-order chi connectivity index (χ1) is 15.4. The van der Waals surface area contributed by atoms with Crippen LogP contribution < -0.4 is 16.6 Å². The molecule has 1 aliphatic heterocycles. The second kappa shape index (κ2) is 8.80. The summed E-state index contributed by atoms with van der Waals surface area (Å²) in [7, 11) is 3.75. The summed E-state index contributed by atoms with van der Waals surface area (Å²) in [5, 5.41) is 3.39. The zero-order valence-corrected chi connectivity index (χ0v) is 18.0. The van der Waals surface area contributed by atoms with Crippen molar-refractivity contribution in [3.8, 4) is 11.4 Å². The lowest BCUT2D eigenvalue weighted by Crippen LogP contribution is -2.27. The molecule has 1 fully saturated rings. The van der Waals surface area contributed by atoms with Gasteiger partial charge in [-0.15, -0.1) is 0 Å². The maximum absolute atomic E-state index is 13.6. The van der Waals surface area contributed by atoms with E-state index in [9.17, 15) is 14.0 Å². The van der Waals surface area contributed by atoms with E-state index < -0.39 is 11.4 Å². The molecule has 5 rings (SSSR count). The SMILES string of the molecule is CNC.Nc1c(-c2nc3cc(F)ccc3[nH]c2=O)[nH]c2ccc(C(=O)N3CCCC3)cc12. The van der Waals surface area contributed by atoms with E-state index >= 15 is 0 Å². The van der Waals surface area contributed by atoms with Gasteiger partial charge in [0.15, 0.2) is 5.69 Å². The fourth-order valence-electron chi connectivity index (χ4n) is 3.86. The molecule has 166 valence electrons. The predicted octanol–water partition coefficient (Wildman–Crippen LogP) is 2.86. The van der Waals surface area contributed by atoms with E-state index in [0.29, 0.717) is 38.9 Å². The number of nitrogens with one attached hydrogen (secondary N) is 3. The van der Waals surface area contributed by atoms with Gasteiger partial charge in [-0.2, -0.15) is 0 Å². The van der Waals surface area contributed by atoms with Crippen molar-refractivity contribution in [3.05, 3.63) is 58.1 Å². The van der Waals surface area contributed by atoms with Crippen molar-refractivity contribution in [3.63, 3.8) is 0 Å². The number of H-pyrrole nitrogens is 2. The molecule has 0 atom stereocenters. The quantitative estimate of drug-likeness (QED) is 0.385. The molecule has 0 radical (unpaired) electrons. The van der Waals surface area contributed by atoms with Crippen LogP contribution in [0.3, 0.4) is 0 Å². The number of likely N-dealkylation sites (tertiary alicyclic amines) is 1. The summed E-state index contributed by atoms with van der Waals surface area (Å²) in [6, 6.07) is 9.23. The molecule has 5 N–H and O–H groups in total. The van der Waals surface area contributed by atoms with Crippen LogP contribution >= 0.6 is 0 Å². The van der Waals surface area contributed by atoms with Gasteiger partial charge in [-0.3, -0.25) is 9.59 Å². The highest BCUT2D eigenvalue weighted by atomic mass is 19.1. The lowest BCUT2D eigenvalue weighted by atomic mass is 10.1. The van der Waals surface area contributed by atoms with E-state index in [1.807, 2.05) is 19.0 Å². The van der Waals surface area contributed by atoms with Crippen molar-refractivity contribution < 1.29 is 9.18 Å². The number of benzene rings is 2. The van der Waals surface area contributed by atoms with E-state index in [1.54, 1.807) is 18.2 Å². The second-order valence-electron chi connectivity index (χ2n) is 7.75. The first-order valence-corrected chi connectivity index (χ1v) is 10.4. The van der Waals surface area contributed by atoms with Gasteiger partial charge < -0.3 is 25.9 Å². The molecule has 3 heterocycles. The van der Waals surface area contributed by atoms with E-state index in [4.69, 9.17) is 5.73 Å². The number of nitrogens with zero attached hydrogens (tertiary/aromatic N) is 2. The first kappa shape index (κ1) is 21.5. The number of carbonyl (C=O) groups excluding carboxylic acids is 1. The predicted molar refractivity (Wildman–Crippen MR) is 124 cm³/mol. The summed E-state index contributed by atoms with van der Waals surface area (Å²) in [6.07, 6.45) is 2.03. The third-order valence-corrected chi connectivity index (χ3v) is 5.37. The molecular weight excluding hydrogens is 411 g/mol. The maximum Gasteiger partial charge on any atom is 0.276 e. The number of aromatic nitrogens is 3. The summed E-state index contributed by atoms with van der Waals surface area (Å²) in [5.74, 6) is -0.471. The van der Waals surface area contributed by atoms with Gasteiger partial charge in [-0.1, -0.05) is 0 Å². The average molecular weight is 436 g/mol. The van der Waals surface area contributed by atoms with Crippen LogP contribution in [0.5, 0.6) is 0 Å². The Kier molecular flexibility index (Phi) is 5.91. The van der Waals surface area contributed by atoms with Crippen LogP contribution in [0.1, 0.15) is 23.2 Å². The van der Waals surface area contributed by atoms with Crippen molar-refractivity contribution in [2.75, 3.05) is 32.9 Å². The van der Waals surface area contributed by atoms with E-state index in [2.05, 4.69) is 20.3 Å². The molecule has 2 aromatic heterocycles. The summed E-state index contributed by atoms with van der Waals surface area (Å²) < 4.78 is 13.6. The number of amides is 1. The summed E-state index contributed by atoms with van der Waals surface area (Å²) in [4.78, 5) is 37.2. The minimum absolute atomic E-state index is 0.0243. The van der Waals surface area contributed by atoms with Crippen molar-refractivity contribution in [1.82, 2.24) is 25.2 Å². The molecule has 9 heteroatoms. The molecule has 4 aromatic rings. The van der Waals surface area contributed by atoms with Gasteiger partial charge in [0, 0.05) is 35.6 Å². The Morgan fingerprint density at radius 3 is 2.50 bits per heavy atom. The molecule has 8 nitrogen and oxygen atoms in total. The molecular formula is C23H25FN6O2. The average Bonchev–Trinajstić information content (AvgIpc) is 3.42. The number of halogens is 1. The van der Waals surface area contributed by atoms with Gasteiger partial charge in [-0.05, 0) is 57.3 Å². The number of aromatic amines is 2. The normalized spacial score (nSPS) is 13.4. The molecule has 1 aliphatic rings. The Balaban J connectivity index is 0.000000775. The molecule has 1 saturated heterocycles. The molecule has 1 amide bonds. The Morgan fingerprint density at radius 1 is 1.09 bits per heavy atom. The number of carbonyl (C=O) groups is 1. The largest absolute Gasteiger partial charge is 0.396 e. The summed E-state index contributed by atoms with van der Waals surface area (Å²) in [5.41, 5.74) is 8.63. The minimum atomic E-state index is -0.447. The molecule has 0 bridgehead atoms. The van der Waals surface area contributed by atoms with Gasteiger partial charge in [0.05, 0.1) is 22.4 Å². The molecule has 0 aliphatic carbocycles. The lowest BCUT2D eigenvalue weighted by molar-refractivity contribution is 0.0793. The van der Waals surface area contributed by atoms with Crippen LogP contribution in [0.15, 0.2) is 41.2 Å². The topological polar surface area (TPSA) is 120 Å². The third kappa shape index (κ3) is 3.94. The second-order valence-corrected chi connectivity index (χ2v) is 7.75. The lowest BCUT2D eigenvalue weighted by Gasteiger charge is -2.15. The Hall–Kier alpha value is -3.72. The van der Waals surface area contributed by atoms with Gasteiger partial charge in [0.2, 0.25) is 0 Å². The van der Waals surface area contributed by atoms with Crippen molar-refractivity contribution in [2.24, 2.45) is 0 Å². The van der Waals surface area contributed by atoms with Gasteiger partial charge in [0.1, 0.15) is 5.82 Å². The highest BCUT2D eigenvalue weighted by Crippen LogP contribution is 2.32. The zero-order valence-electron chi connectivity index (χ0n) is 18.0. The number of nitrogens with two attached hydrogens (primary N) is 1. The number of rotatable bonds is 2. The van der Waals surface area contributed by atoms with Crippen molar-refractivity contribution >= 4 is 33.5 Å². The van der Waals surface area contributed by atoms with Gasteiger partial charge in [-0.25, -0.2) is 9.37 Å². The Labute approximate surface area is 183 Å². The standard InChI is InChI=1S/C21H18FN5O2.C2H7N/c22-12-4-6-15-16(10-12)25-19(20(28)26-15)18-17(23)13-9-11(3-5-14(13)24-18)21(29)27-7-1-2-8-27;1-3-2/h3-6,9-10,24H,1-2,7-8,23H2,(H,26,28);3H,1-2H3. The maximum atomic E-state index is 13.6. The van der Waals surface area contributed by atoms with Gasteiger partial charge >= 0.3 is 0 Å².